The van der Waals surface area contributed by atoms with Crippen LogP contribution in [0.15, 0.2) is 0 Å². The Morgan fingerprint density at radius 2 is 1.68 bits per heavy atom. The third kappa shape index (κ3) is 2.74. The highest BCUT2D eigenvalue weighted by Gasteiger charge is 2.71. The second-order valence-electron chi connectivity index (χ2n) is 13.2. The molecule has 2 heterocycles. The van der Waals surface area contributed by atoms with Crippen molar-refractivity contribution >= 4 is 0 Å². The van der Waals surface area contributed by atoms with Crippen LogP contribution in [0.3, 0.4) is 0 Å². The van der Waals surface area contributed by atoms with Crippen molar-refractivity contribution in [2.24, 2.45) is 52.3 Å². The summed E-state index contributed by atoms with van der Waals surface area (Å²) >= 11 is 0. The van der Waals surface area contributed by atoms with Gasteiger partial charge in [0.2, 0.25) is 0 Å². The van der Waals surface area contributed by atoms with Crippen molar-refractivity contribution in [2.75, 3.05) is 6.61 Å². The quantitative estimate of drug-likeness (QED) is 0.579. The van der Waals surface area contributed by atoms with Crippen molar-refractivity contribution < 1.29 is 19.7 Å². The minimum absolute atomic E-state index is 0.0570. The molecule has 0 bridgehead atoms. The van der Waals surface area contributed by atoms with Crippen molar-refractivity contribution in [2.45, 2.75) is 110 Å². The second kappa shape index (κ2) is 6.93. The number of ether oxygens (including phenoxy) is 2. The van der Waals surface area contributed by atoms with Crippen LogP contribution in [0, 0.1) is 52.3 Å². The molecule has 0 radical (unpaired) electrons. The van der Waals surface area contributed by atoms with Gasteiger partial charge in [0.1, 0.15) is 0 Å². The van der Waals surface area contributed by atoms with Crippen LogP contribution in [0.5, 0.6) is 0 Å². The Morgan fingerprint density at radius 1 is 0.871 bits per heavy atom. The summed E-state index contributed by atoms with van der Waals surface area (Å²) in [6.07, 6.45) is 9.70. The minimum Gasteiger partial charge on any atom is -0.393 e. The van der Waals surface area contributed by atoms with Crippen molar-refractivity contribution in [3.8, 4) is 0 Å². The predicted octanol–water partition coefficient (Wildman–Crippen LogP) is 4.76. The molecule has 4 aliphatic carbocycles. The number of hydrogen-bond donors (Lipinski definition) is 2. The highest BCUT2D eigenvalue weighted by molar-refractivity contribution is 5.17. The fourth-order valence-corrected chi connectivity index (χ4v) is 10.2. The van der Waals surface area contributed by atoms with Crippen LogP contribution in [-0.2, 0) is 9.47 Å². The molecule has 0 aromatic heterocycles. The highest BCUT2D eigenvalue weighted by Crippen LogP contribution is 2.71. The van der Waals surface area contributed by atoms with Gasteiger partial charge in [-0.25, -0.2) is 0 Å². The first-order chi connectivity index (χ1) is 14.7. The standard InChI is InChI=1S/C27H44O4/c1-15-7-10-27(30-14-15)16(2)24-22(31-27)12-21-19-6-5-17-11-18(28)8-9-25(17,3)20(19)13-23(29)26(21,24)4/h15-24,28-29H,5-14H2,1-4H3/t15-,16+,17+,18+,19-,20+,21+,22+,23+,24+,25+,26-,27-/m1/s1. The van der Waals surface area contributed by atoms with Gasteiger partial charge in [-0.15, -0.1) is 0 Å². The molecule has 6 aliphatic rings. The van der Waals surface area contributed by atoms with Crippen molar-refractivity contribution in [3.63, 3.8) is 0 Å². The van der Waals surface area contributed by atoms with Crippen molar-refractivity contribution in [3.05, 3.63) is 0 Å². The normalized spacial score (nSPS) is 63.3. The number of aliphatic hydroxyl groups excluding tert-OH is 2. The Balaban J connectivity index is 1.29. The van der Waals surface area contributed by atoms with E-state index >= 15 is 0 Å². The summed E-state index contributed by atoms with van der Waals surface area (Å²) in [7, 11) is 0. The molecule has 4 heteroatoms. The first kappa shape index (κ1) is 21.4. The van der Waals surface area contributed by atoms with Gasteiger partial charge in [-0.05, 0) is 86.4 Å². The summed E-state index contributed by atoms with van der Waals surface area (Å²) in [5, 5.41) is 22.1. The van der Waals surface area contributed by atoms with E-state index in [1.807, 2.05) is 0 Å². The first-order valence-corrected chi connectivity index (χ1v) is 13.4. The zero-order valence-corrected chi connectivity index (χ0v) is 20.1. The second-order valence-corrected chi connectivity index (χ2v) is 13.2. The molecule has 4 saturated carbocycles. The smallest absolute Gasteiger partial charge is 0.171 e. The van der Waals surface area contributed by atoms with Gasteiger partial charge in [0.25, 0.3) is 0 Å². The van der Waals surface area contributed by atoms with E-state index in [9.17, 15) is 10.2 Å². The van der Waals surface area contributed by atoms with Gasteiger partial charge in [-0.1, -0.05) is 27.7 Å². The molecule has 13 atom stereocenters. The first-order valence-electron chi connectivity index (χ1n) is 13.4. The van der Waals surface area contributed by atoms with Gasteiger partial charge in [-0.2, -0.15) is 0 Å². The molecule has 31 heavy (non-hydrogen) atoms. The van der Waals surface area contributed by atoms with Gasteiger partial charge in [0.15, 0.2) is 5.79 Å². The number of aliphatic hydroxyl groups is 2. The van der Waals surface area contributed by atoms with Gasteiger partial charge >= 0.3 is 0 Å². The Kier molecular flexibility index (Phi) is 4.78. The van der Waals surface area contributed by atoms with Gasteiger partial charge in [0, 0.05) is 23.7 Å². The molecule has 6 fully saturated rings. The monoisotopic (exact) mass is 432 g/mol. The average molecular weight is 433 g/mol. The minimum atomic E-state index is -0.407. The van der Waals surface area contributed by atoms with E-state index in [4.69, 9.17) is 9.47 Å². The Morgan fingerprint density at radius 3 is 2.42 bits per heavy atom. The lowest BCUT2D eigenvalue weighted by Crippen LogP contribution is -2.59. The van der Waals surface area contributed by atoms with Gasteiger partial charge in [-0.3, -0.25) is 0 Å². The van der Waals surface area contributed by atoms with E-state index in [0.29, 0.717) is 46.8 Å². The van der Waals surface area contributed by atoms with E-state index in [-0.39, 0.29) is 23.7 Å². The molecule has 6 rings (SSSR count). The van der Waals surface area contributed by atoms with Crippen LogP contribution in [0.4, 0.5) is 0 Å². The summed E-state index contributed by atoms with van der Waals surface area (Å²) in [4.78, 5) is 0. The third-order valence-electron chi connectivity index (χ3n) is 12.0. The molecule has 2 N–H and O–H groups in total. The maximum atomic E-state index is 11.8. The lowest BCUT2D eigenvalue weighted by Gasteiger charge is -2.62. The van der Waals surface area contributed by atoms with Crippen molar-refractivity contribution in [1.29, 1.82) is 0 Å². The summed E-state index contributed by atoms with van der Waals surface area (Å²) in [6.45, 7) is 10.3. The summed E-state index contributed by atoms with van der Waals surface area (Å²) in [5.74, 6) is 3.46. The lowest BCUT2D eigenvalue weighted by atomic mass is 9.43. The van der Waals surface area contributed by atoms with E-state index in [1.54, 1.807) is 0 Å². The molecule has 0 aromatic rings. The van der Waals surface area contributed by atoms with E-state index in [2.05, 4.69) is 27.7 Å². The zero-order chi connectivity index (χ0) is 21.8. The van der Waals surface area contributed by atoms with Gasteiger partial charge in [0.05, 0.1) is 24.9 Å². The highest BCUT2D eigenvalue weighted by atomic mass is 16.7. The Labute approximate surface area is 188 Å². The van der Waals surface area contributed by atoms with Crippen molar-refractivity contribution in [1.82, 2.24) is 0 Å². The van der Waals surface area contributed by atoms with Crippen LogP contribution in [0.25, 0.3) is 0 Å². The lowest BCUT2D eigenvalue weighted by molar-refractivity contribution is -0.274. The number of rotatable bonds is 0. The molecule has 0 aromatic carbocycles. The molecule has 1 spiro atoms. The fraction of sp³-hybridized carbons (Fsp3) is 1.00. The molecule has 0 unspecified atom stereocenters. The maximum Gasteiger partial charge on any atom is 0.171 e. The topological polar surface area (TPSA) is 58.9 Å². The molecular weight excluding hydrogens is 388 g/mol. The molecule has 2 saturated heterocycles. The Hall–Kier alpha value is -0.160. The van der Waals surface area contributed by atoms with Crippen LogP contribution in [0.2, 0.25) is 0 Å². The summed E-state index contributed by atoms with van der Waals surface area (Å²) in [6, 6.07) is 0. The molecule has 2 aliphatic heterocycles. The summed E-state index contributed by atoms with van der Waals surface area (Å²) in [5.41, 5.74) is 0.233. The van der Waals surface area contributed by atoms with E-state index in [1.165, 1.54) is 19.3 Å². The number of fused-ring (bicyclic) bond motifs is 7. The van der Waals surface area contributed by atoms with Crippen LogP contribution in [0.1, 0.15) is 85.5 Å². The third-order valence-corrected chi connectivity index (χ3v) is 12.0. The van der Waals surface area contributed by atoms with E-state index in [0.717, 1.165) is 45.1 Å². The average Bonchev–Trinajstić information content (AvgIpc) is 3.18. The molecule has 0 amide bonds. The maximum absolute atomic E-state index is 11.8. The predicted molar refractivity (Wildman–Crippen MR) is 119 cm³/mol. The van der Waals surface area contributed by atoms with Crippen LogP contribution >= 0.6 is 0 Å². The zero-order valence-electron chi connectivity index (χ0n) is 20.1. The number of hydrogen-bond acceptors (Lipinski definition) is 4. The Bertz CT molecular complexity index is 716. The fourth-order valence-electron chi connectivity index (χ4n) is 10.2. The van der Waals surface area contributed by atoms with E-state index < -0.39 is 5.79 Å². The van der Waals surface area contributed by atoms with Gasteiger partial charge < -0.3 is 19.7 Å². The van der Waals surface area contributed by atoms with Crippen LogP contribution < -0.4 is 0 Å². The molecular formula is C27H44O4. The largest absolute Gasteiger partial charge is 0.393 e. The molecule has 176 valence electrons. The molecule has 4 nitrogen and oxygen atoms in total. The summed E-state index contributed by atoms with van der Waals surface area (Å²) < 4.78 is 13.3. The SMILES string of the molecule is C[C@@H]1CC[C@@]2(OC1)O[C@H]1C[C@H]3[C@@H]4CC[C@H]5C[C@@H](O)CC[C@]5(C)[C@H]4C[C@H](O)[C@]3(C)[C@H]1[C@@H]2C. The van der Waals surface area contributed by atoms with Crippen LogP contribution in [-0.4, -0.2) is 40.9 Å².